The number of hydrogen-bond acceptors (Lipinski definition) is 0. The smallest absolute Gasteiger partial charge is 0.0254 e. The standard InChI is InChI=1S/C15H20/c1-4-8-15(11-13(2)3)12-14-9-6-5-7-10-14/h5-7,9-12H,4,8H2,1-3H3/b15-12+. The van der Waals surface area contributed by atoms with Gasteiger partial charge in [0.25, 0.3) is 0 Å². The van der Waals surface area contributed by atoms with E-state index < -0.39 is 0 Å². The van der Waals surface area contributed by atoms with Crippen molar-refractivity contribution in [2.45, 2.75) is 33.6 Å². The van der Waals surface area contributed by atoms with E-state index in [1.165, 1.54) is 23.1 Å². The lowest BCUT2D eigenvalue weighted by molar-refractivity contribution is 0.929. The molecule has 1 rings (SSSR count). The molecule has 0 atom stereocenters. The van der Waals surface area contributed by atoms with Crippen molar-refractivity contribution >= 4 is 6.08 Å². The van der Waals surface area contributed by atoms with Gasteiger partial charge in [-0.3, -0.25) is 0 Å². The molecule has 0 radical (unpaired) electrons. The van der Waals surface area contributed by atoms with Gasteiger partial charge in [-0.05, 0) is 31.4 Å². The van der Waals surface area contributed by atoms with Crippen LogP contribution in [0.2, 0.25) is 0 Å². The van der Waals surface area contributed by atoms with Crippen LogP contribution in [-0.2, 0) is 0 Å². The molecule has 1 aromatic rings. The minimum Gasteiger partial charge on any atom is -0.0762 e. The Morgan fingerprint density at radius 2 is 1.80 bits per heavy atom. The first-order valence-electron chi connectivity index (χ1n) is 5.63. The maximum Gasteiger partial charge on any atom is -0.0254 e. The summed E-state index contributed by atoms with van der Waals surface area (Å²) in [6, 6.07) is 10.5. The fourth-order valence-electron chi connectivity index (χ4n) is 1.61. The summed E-state index contributed by atoms with van der Waals surface area (Å²) in [5.74, 6) is 0. The molecular weight excluding hydrogens is 180 g/mol. The third-order valence-electron chi connectivity index (χ3n) is 2.16. The largest absolute Gasteiger partial charge is 0.0762 e. The van der Waals surface area contributed by atoms with Gasteiger partial charge in [-0.1, -0.05) is 61.4 Å². The molecule has 0 aromatic heterocycles. The number of rotatable bonds is 4. The predicted molar refractivity (Wildman–Crippen MR) is 68.8 cm³/mol. The van der Waals surface area contributed by atoms with Crippen molar-refractivity contribution in [3.63, 3.8) is 0 Å². The Hall–Kier alpha value is -1.30. The van der Waals surface area contributed by atoms with E-state index in [-0.39, 0.29) is 0 Å². The van der Waals surface area contributed by atoms with Crippen molar-refractivity contribution in [2.75, 3.05) is 0 Å². The second-order valence-corrected chi connectivity index (χ2v) is 4.10. The maximum absolute atomic E-state index is 2.27. The van der Waals surface area contributed by atoms with Gasteiger partial charge in [-0.2, -0.15) is 0 Å². The third-order valence-corrected chi connectivity index (χ3v) is 2.16. The van der Waals surface area contributed by atoms with Gasteiger partial charge in [-0.15, -0.1) is 0 Å². The van der Waals surface area contributed by atoms with Gasteiger partial charge < -0.3 is 0 Å². The molecule has 15 heavy (non-hydrogen) atoms. The maximum atomic E-state index is 2.27. The fraction of sp³-hybridized carbons (Fsp3) is 0.333. The topological polar surface area (TPSA) is 0 Å². The van der Waals surface area contributed by atoms with Gasteiger partial charge in [0.15, 0.2) is 0 Å². The van der Waals surface area contributed by atoms with Gasteiger partial charge >= 0.3 is 0 Å². The average Bonchev–Trinajstić information content (AvgIpc) is 2.18. The van der Waals surface area contributed by atoms with Crippen LogP contribution in [0, 0.1) is 0 Å². The van der Waals surface area contributed by atoms with Gasteiger partial charge in [0.1, 0.15) is 0 Å². The Morgan fingerprint density at radius 1 is 1.13 bits per heavy atom. The van der Waals surface area contributed by atoms with Crippen LogP contribution in [0.4, 0.5) is 0 Å². The summed E-state index contributed by atoms with van der Waals surface area (Å²) in [6.07, 6.45) is 6.90. The lowest BCUT2D eigenvalue weighted by Crippen LogP contribution is -1.80. The molecular formula is C15H20. The molecule has 0 N–H and O–H groups in total. The van der Waals surface area contributed by atoms with Crippen LogP contribution in [-0.4, -0.2) is 0 Å². The van der Waals surface area contributed by atoms with E-state index in [9.17, 15) is 0 Å². The summed E-state index contributed by atoms with van der Waals surface area (Å²) in [5, 5.41) is 0. The first kappa shape index (κ1) is 11.8. The molecule has 0 nitrogen and oxygen atoms in total. The third kappa shape index (κ3) is 4.64. The Morgan fingerprint density at radius 3 is 2.33 bits per heavy atom. The van der Waals surface area contributed by atoms with E-state index in [4.69, 9.17) is 0 Å². The second-order valence-electron chi connectivity index (χ2n) is 4.10. The summed E-state index contributed by atoms with van der Waals surface area (Å²) in [5.41, 5.74) is 4.08. The molecule has 1 aromatic carbocycles. The van der Waals surface area contributed by atoms with Crippen molar-refractivity contribution in [1.29, 1.82) is 0 Å². The second kappa shape index (κ2) is 6.23. The van der Waals surface area contributed by atoms with Gasteiger partial charge in [0.2, 0.25) is 0 Å². The quantitative estimate of drug-likeness (QED) is 0.610. The first-order valence-corrected chi connectivity index (χ1v) is 5.63. The molecule has 0 saturated heterocycles. The highest BCUT2D eigenvalue weighted by molar-refractivity contribution is 5.55. The fourth-order valence-corrected chi connectivity index (χ4v) is 1.61. The molecule has 0 saturated carbocycles. The van der Waals surface area contributed by atoms with E-state index in [2.05, 4.69) is 63.3 Å². The zero-order valence-corrected chi connectivity index (χ0v) is 9.96. The van der Waals surface area contributed by atoms with E-state index >= 15 is 0 Å². The highest BCUT2D eigenvalue weighted by Crippen LogP contribution is 2.14. The summed E-state index contributed by atoms with van der Waals surface area (Å²) in [6.45, 7) is 6.51. The normalized spacial score (nSPS) is 11.3. The van der Waals surface area contributed by atoms with Crippen LogP contribution in [0.15, 0.2) is 47.6 Å². The Labute approximate surface area is 93.3 Å². The summed E-state index contributed by atoms with van der Waals surface area (Å²) in [4.78, 5) is 0. The average molecular weight is 200 g/mol. The molecule has 0 unspecified atom stereocenters. The van der Waals surface area contributed by atoms with Gasteiger partial charge in [0.05, 0.1) is 0 Å². The number of hydrogen-bond donors (Lipinski definition) is 0. The van der Waals surface area contributed by atoms with Gasteiger partial charge in [-0.25, -0.2) is 0 Å². The Balaban J connectivity index is 2.89. The van der Waals surface area contributed by atoms with Crippen molar-refractivity contribution in [3.05, 3.63) is 53.1 Å². The van der Waals surface area contributed by atoms with Crippen molar-refractivity contribution < 1.29 is 0 Å². The van der Waals surface area contributed by atoms with Crippen LogP contribution in [0.5, 0.6) is 0 Å². The molecule has 0 heterocycles. The van der Waals surface area contributed by atoms with E-state index in [0.717, 1.165) is 6.42 Å². The summed E-state index contributed by atoms with van der Waals surface area (Å²) < 4.78 is 0. The van der Waals surface area contributed by atoms with Crippen LogP contribution in [0.25, 0.3) is 6.08 Å². The van der Waals surface area contributed by atoms with E-state index in [0.29, 0.717) is 0 Å². The summed E-state index contributed by atoms with van der Waals surface area (Å²) >= 11 is 0. The zero-order valence-electron chi connectivity index (χ0n) is 9.96. The molecule has 0 aliphatic rings. The molecule has 0 spiro atoms. The molecule has 0 bridgehead atoms. The lowest BCUT2D eigenvalue weighted by Gasteiger charge is -2.01. The lowest BCUT2D eigenvalue weighted by atomic mass is 10.0. The SMILES string of the molecule is CCC/C(C=C(C)C)=C\c1ccccc1. The molecule has 0 heteroatoms. The van der Waals surface area contributed by atoms with Crippen LogP contribution >= 0.6 is 0 Å². The predicted octanol–water partition coefficient (Wildman–Crippen LogP) is 4.84. The molecule has 0 aliphatic carbocycles. The van der Waals surface area contributed by atoms with E-state index in [1.54, 1.807) is 0 Å². The Kier molecular flexibility index (Phi) is 4.89. The monoisotopic (exact) mass is 200 g/mol. The highest BCUT2D eigenvalue weighted by Gasteiger charge is 1.93. The van der Waals surface area contributed by atoms with Crippen LogP contribution in [0.3, 0.4) is 0 Å². The Bertz CT molecular complexity index is 338. The van der Waals surface area contributed by atoms with Gasteiger partial charge in [0, 0.05) is 0 Å². The molecule has 0 aliphatic heterocycles. The zero-order chi connectivity index (χ0) is 11.1. The van der Waals surface area contributed by atoms with E-state index in [1.807, 2.05) is 0 Å². The minimum absolute atomic E-state index is 1.15. The number of benzene rings is 1. The molecule has 0 fully saturated rings. The van der Waals surface area contributed by atoms with Crippen molar-refractivity contribution in [1.82, 2.24) is 0 Å². The first-order chi connectivity index (χ1) is 7.22. The highest BCUT2D eigenvalue weighted by atomic mass is 14.0. The van der Waals surface area contributed by atoms with Crippen LogP contribution in [0.1, 0.15) is 39.2 Å². The summed E-state index contributed by atoms with van der Waals surface area (Å²) in [7, 11) is 0. The van der Waals surface area contributed by atoms with Crippen molar-refractivity contribution in [3.8, 4) is 0 Å². The van der Waals surface area contributed by atoms with Crippen LogP contribution < -0.4 is 0 Å². The molecule has 0 amide bonds. The number of allylic oxidation sites excluding steroid dienone is 3. The minimum atomic E-state index is 1.15. The van der Waals surface area contributed by atoms with Crippen molar-refractivity contribution in [2.24, 2.45) is 0 Å². The molecule has 80 valence electrons.